The first-order valence-electron chi connectivity index (χ1n) is 6.56. The summed E-state index contributed by atoms with van der Waals surface area (Å²) < 4.78 is 1.64. The topological polar surface area (TPSA) is 91.1 Å². The van der Waals surface area contributed by atoms with Crippen LogP contribution in [0.3, 0.4) is 0 Å². The lowest BCUT2D eigenvalue weighted by molar-refractivity contribution is 0.0903. The van der Waals surface area contributed by atoms with E-state index in [0.29, 0.717) is 37.7 Å². The Hall–Kier alpha value is -1.58. The van der Waals surface area contributed by atoms with Gasteiger partial charge in [0, 0.05) is 32.3 Å². The van der Waals surface area contributed by atoms with Crippen LogP contribution in [0.15, 0.2) is 12.4 Å². The van der Waals surface area contributed by atoms with Gasteiger partial charge in [-0.05, 0) is 5.92 Å². The van der Waals surface area contributed by atoms with Gasteiger partial charge in [0.05, 0.1) is 30.6 Å². The van der Waals surface area contributed by atoms with Gasteiger partial charge in [-0.1, -0.05) is 13.8 Å². The van der Waals surface area contributed by atoms with Gasteiger partial charge in [0.1, 0.15) is 0 Å². The number of aliphatic hydroxyl groups excluding tert-OH is 1. The van der Waals surface area contributed by atoms with Crippen molar-refractivity contribution < 1.29 is 5.11 Å². The highest BCUT2D eigenvalue weighted by Crippen LogP contribution is 2.04. The van der Waals surface area contributed by atoms with Crippen molar-refractivity contribution >= 4 is 5.69 Å². The number of hydrogen-bond acceptors (Lipinski definition) is 5. The van der Waals surface area contributed by atoms with Crippen LogP contribution < -0.4 is 5.73 Å². The number of hydrogen-bond donors (Lipinski definition) is 2. The zero-order valence-electron chi connectivity index (χ0n) is 11.7. The quantitative estimate of drug-likeness (QED) is 0.722. The molecule has 0 aliphatic rings. The van der Waals surface area contributed by atoms with Crippen LogP contribution in [0.1, 0.15) is 20.3 Å². The monoisotopic (exact) mass is 265 g/mol. The highest BCUT2D eigenvalue weighted by molar-refractivity contribution is 5.30. The minimum Gasteiger partial charge on any atom is -0.396 e. The summed E-state index contributed by atoms with van der Waals surface area (Å²) in [6, 6.07) is 2.14. The van der Waals surface area contributed by atoms with Crippen molar-refractivity contribution in [3.63, 3.8) is 0 Å². The molecule has 1 unspecified atom stereocenters. The first-order chi connectivity index (χ1) is 9.01. The first kappa shape index (κ1) is 15.5. The Bertz CT molecular complexity index is 409. The Morgan fingerprint density at radius 3 is 2.79 bits per heavy atom. The molecular weight excluding hydrogens is 242 g/mol. The molecule has 6 nitrogen and oxygen atoms in total. The molecule has 0 fully saturated rings. The third-order valence-corrected chi connectivity index (χ3v) is 2.68. The Morgan fingerprint density at radius 2 is 2.26 bits per heavy atom. The zero-order valence-corrected chi connectivity index (χ0v) is 11.7. The van der Waals surface area contributed by atoms with Crippen molar-refractivity contribution in [2.24, 2.45) is 5.92 Å². The number of aromatic nitrogens is 2. The Morgan fingerprint density at radius 1 is 1.53 bits per heavy atom. The lowest BCUT2D eigenvalue weighted by Gasteiger charge is -2.25. The van der Waals surface area contributed by atoms with E-state index < -0.39 is 6.10 Å². The van der Waals surface area contributed by atoms with Crippen LogP contribution in [0.2, 0.25) is 0 Å². The molecule has 1 atom stereocenters. The molecule has 0 aliphatic heterocycles. The molecule has 106 valence electrons. The van der Waals surface area contributed by atoms with E-state index in [2.05, 4.69) is 29.9 Å². The maximum atomic E-state index is 10.1. The van der Waals surface area contributed by atoms with E-state index in [9.17, 15) is 5.11 Å². The fraction of sp³-hybridized carbons (Fsp3) is 0.692. The second kappa shape index (κ2) is 7.77. The third kappa shape index (κ3) is 6.22. The summed E-state index contributed by atoms with van der Waals surface area (Å²) in [7, 11) is 0. The molecule has 6 heteroatoms. The minimum atomic E-state index is -0.517. The van der Waals surface area contributed by atoms with Crippen molar-refractivity contribution in [2.75, 3.05) is 25.4 Å². The molecule has 1 heterocycles. The average Bonchev–Trinajstić information content (AvgIpc) is 2.70. The second-order valence-electron chi connectivity index (χ2n) is 5.21. The van der Waals surface area contributed by atoms with Gasteiger partial charge in [-0.2, -0.15) is 10.4 Å². The molecule has 0 aliphatic carbocycles. The molecule has 0 amide bonds. The number of aliphatic hydroxyl groups is 1. The van der Waals surface area contributed by atoms with Crippen LogP contribution in [-0.4, -0.2) is 45.5 Å². The summed E-state index contributed by atoms with van der Waals surface area (Å²) in [6.45, 7) is 6.77. The molecule has 1 aromatic heterocycles. The molecule has 1 aromatic rings. The molecule has 0 saturated carbocycles. The Labute approximate surface area is 114 Å². The number of anilines is 1. The lowest BCUT2D eigenvalue weighted by atomic mass is 10.2. The Kier molecular flexibility index (Phi) is 6.33. The van der Waals surface area contributed by atoms with E-state index in [1.807, 2.05) is 0 Å². The normalized spacial score (nSPS) is 12.8. The van der Waals surface area contributed by atoms with Gasteiger partial charge in [0.25, 0.3) is 0 Å². The Balaban J connectivity index is 2.45. The number of nitrogens with two attached hydrogens (primary N) is 1. The predicted octanol–water partition coefficient (Wildman–Crippen LogP) is 0.698. The predicted molar refractivity (Wildman–Crippen MR) is 74.2 cm³/mol. The van der Waals surface area contributed by atoms with Crippen LogP contribution >= 0.6 is 0 Å². The molecule has 0 saturated heterocycles. The fourth-order valence-electron chi connectivity index (χ4n) is 2.03. The van der Waals surface area contributed by atoms with Gasteiger partial charge in [-0.25, -0.2) is 0 Å². The van der Waals surface area contributed by atoms with Crippen LogP contribution in [0.5, 0.6) is 0 Å². The van der Waals surface area contributed by atoms with Crippen LogP contribution in [-0.2, 0) is 6.54 Å². The van der Waals surface area contributed by atoms with E-state index in [0.717, 1.165) is 6.54 Å². The van der Waals surface area contributed by atoms with E-state index >= 15 is 0 Å². The molecule has 1 rings (SSSR count). The van der Waals surface area contributed by atoms with Crippen LogP contribution in [0, 0.1) is 17.2 Å². The van der Waals surface area contributed by atoms with Crippen LogP contribution in [0.4, 0.5) is 5.69 Å². The van der Waals surface area contributed by atoms with Crippen molar-refractivity contribution in [2.45, 2.75) is 32.9 Å². The summed E-state index contributed by atoms with van der Waals surface area (Å²) in [5, 5.41) is 22.8. The van der Waals surface area contributed by atoms with E-state index in [1.165, 1.54) is 0 Å². The van der Waals surface area contributed by atoms with Crippen molar-refractivity contribution in [1.82, 2.24) is 14.7 Å². The number of nitrogens with zero attached hydrogens (tertiary/aromatic N) is 4. The zero-order chi connectivity index (χ0) is 14.3. The van der Waals surface area contributed by atoms with Gasteiger partial charge in [-0.3, -0.25) is 9.58 Å². The third-order valence-electron chi connectivity index (χ3n) is 2.68. The van der Waals surface area contributed by atoms with Gasteiger partial charge >= 0.3 is 0 Å². The SMILES string of the molecule is CC(C)CN(CCC#N)CC(O)Cn1cc(N)cn1. The maximum Gasteiger partial charge on any atom is 0.0862 e. The van der Waals surface area contributed by atoms with E-state index in [-0.39, 0.29) is 0 Å². The number of nitriles is 1. The molecule has 0 aromatic carbocycles. The fourth-order valence-corrected chi connectivity index (χ4v) is 2.03. The number of rotatable bonds is 8. The lowest BCUT2D eigenvalue weighted by Crippen LogP contribution is -2.37. The largest absolute Gasteiger partial charge is 0.396 e. The van der Waals surface area contributed by atoms with Gasteiger partial charge in [0.2, 0.25) is 0 Å². The maximum absolute atomic E-state index is 10.1. The highest BCUT2D eigenvalue weighted by atomic mass is 16.3. The molecule has 0 bridgehead atoms. The van der Waals surface area contributed by atoms with E-state index in [4.69, 9.17) is 11.0 Å². The molecule has 3 N–H and O–H groups in total. The first-order valence-corrected chi connectivity index (χ1v) is 6.56. The van der Waals surface area contributed by atoms with Crippen molar-refractivity contribution in [1.29, 1.82) is 5.26 Å². The highest BCUT2D eigenvalue weighted by Gasteiger charge is 2.13. The standard InChI is InChI=1S/C13H23N5O/c1-11(2)7-17(5-3-4-14)9-13(19)10-18-8-12(15)6-16-18/h6,8,11,13,19H,3,5,7,9-10,15H2,1-2H3. The number of nitrogen functional groups attached to an aromatic ring is 1. The summed E-state index contributed by atoms with van der Waals surface area (Å²) in [6.07, 6.45) is 3.23. The van der Waals surface area contributed by atoms with Gasteiger partial charge in [0.15, 0.2) is 0 Å². The summed E-state index contributed by atoms with van der Waals surface area (Å²) in [4.78, 5) is 2.12. The molecule has 19 heavy (non-hydrogen) atoms. The molecule has 0 radical (unpaired) electrons. The minimum absolute atomic E-state index is 0.415. The van der Waals surface area contributed by atoms with Crippen molar-refractivity contribution in [3.8, 4) is 6.07 Å². The summed E-state index contributed by atoms with van der Waals surface area (Å²) in [5.74, 6) is 0.506. The van der Waals surface area contributed by atoms with Gasteiger partial charge < -0.3 is 10.8 Å². The van der Waals surface area contributed by atoms with E-state index in [1.54, 1.807) is 17.1 Å². The summed E-state index contributed by atoms with van der Waals surface area (Å²) in [5.41, 5.74) is 6.17. The van der Waals surface area contributed by atoms with Crippen LogP contribution in [0.25, 0.3) is 0 Å². The molecule has 0 spiro atoms. The molecular formula is C13H23N5O. The van der Waals surface area contributed by atoms with Gasteiger partial charge in [-0.15, -0.1) is 0 Å². The second-order valence-corrected chi connectivity index (χ2v) is 5.21. The average molecular weight is 265 g/mol. The van der Waals surface area contributed by atoms with Crippen molar-refractivity contribution in [3.05, 3.63) is 12.4 Å². The smallest absolute Gasteiger partial charge is 0.0862 e. The summed E-state index contributed by atoms with van der Waals surface area (Å²) >= 11 is 0.